The number of anilines is 2. The third-order valence-electron chi connectivity index (χ3n) is 1.87. The van der Waals surface area contributed by atoms with E-state index in [9.17, 15) is 9.59 Å². The Labute approximate surface area is 99.1 Å². The summed E-state index contributed by atoms with van der Waals surface area (Å²) in [5.74, 6) is -0.220. The lowest BCUT2D eigenvalue weighted by molar-refractivity contribution is -0.120. The van der Waals surface area contributed by atoms with Gasteiger partial charge >= 0.3 is 6.03 Å². The van der Waals surface area contributed by atoms with Gasteiger partial charge in [0.25, 0.3) is 0 Å². The second kappa shape index (κ2) is 6.49. The molecule has 6 heteroatoms. The van der Waals surface area contributed by atoms with E-state index in [2.05, 4.69) is 10.6 Å². The molecule has 17 heavy (non-hydrogen) atoms. The maximum Gasteiger partial charge on any atom is 0.316 e. The highest BCUT2D eigenvalue weighted by Gasteiger charge is 2.02. The van der Waals surface area contributed by atoms with Gasteiger partial charge in [0.05, 0.1) is 0 Å². The molecule has 0 aliphatic heterocycles. The van der Waals surface area contributed by atoms with E-state index >= 15 is 0 Å². The normalized spacial score (nSPS) is 9.71. The highest BCUT2D eigenvalue weighted by atomic mass is 16.5. The SMILES string of the molecule is CCOCC(=O)Nc1ccc(NC(N)=O)cc1. The fourth-order valence-corrected chi connectivity index (χ4v) is 1.17. The fourth-order valence-electron chi connectivity index (χ4n) is 1.17. The average molecular weight is 237 g/mol. The Morgan fingerprint density at radius 2 is 1.71 bits per heavy atom. The molecule has 4 N–H and O–H groups in total. The molecule has 0 saturated carbocycles. The van der Waals surface area contributed by atoms with E-state index in [1.165, 1.54) is 0 Å². The van der Waals surface area contributed by atoms with Crippen LogP contribution in [-0.2, 0) is 9.53 Å². The maximum atomic E-state index is 11.3. The molecule has 0 aromatic heterocycles. The van der Waals surface area contributed by atoms with E-state index in [4.69, 9.17) is 10.5 Å². The number of urea groups is 1. The van der Waals surface area contributed by atoms with Gasteiger partial charge in [-0.1, -0.05) is 0 Å². The van der Waals surface area contributed by atoms with Crippen molar-refractivity contribution in [2.24, 2.45) is 5.73 Å². The van der Waals surface area contributed by atoms with Crippen LogP contribution in [0.3, 0.4) is 0 Å². The topological polar surface area (TPSA) is 93.4 Å². The maximum absolute atomic E-state index is 11.3. The zero-order valence-corrected chi connectivity index (χ0v) is 9.53. The molecule has 0 aliphatic rings. The van der Waals surface area contributed by atoms with Crippen LogP contribution in [0.25, 0.3) is 0 Å². The Balaban J connectivity index is 2.50. The monoisotopic (exact) mass is 237 g/mol. The van der Waals surface area contributed by atoms with Gasteiger partial charge in [0.2, 0.25) is 5.91 Å². The van der Waals surface area contributed by atoms with Crippen LogP contribution in [0.4, 0.5) is 16.2 Å². The zero-order chi connectivity index (χ0) is 12.7. The first kappa shape index (κ1) is 13.0. The molecule has 1 aromatic rings. The van der Waals surface area contributed by atoms with Crippen LogP contribution >= 0.6 is 0 Å². The quantitative estimate of drug-likeness (QED) is 0.717. The van der Waals surface area contributed by atoms with Gasteiger partial charge in [0.1, 0.15) is 6.61 Å². The first-order valence-corrected chi connectivity index (χ1v) is 5.16. The minimum atomic E-state index is -0.627. The van der Waals surface area contributed by atoms with Crippen molar-refractivity contribution in [2.45, 2.75) is 6.92 Å². The van der Waals surface area contributed by atoms with Gasteiger partial charge in [0.15, 0.2) is 0 Å². The smallest absolute Gasteiger partial charge is 0.316 e. The number of carbonyl (C=O) groups is 2. The average Bonchev–Trinajstić information content (AvgIpc) is 2.28. The molecular formula is C11H15N3O3. The highest BCUT2D eigenvalue weighted by molar-refractivity contribution is 5.92. The fraction of sp³-hybridized carbons (Fsp3) is 0.273. The number of amides is 3. The molecule has 0 bridgehead atoms. The minimum absolute atomic E-state index is 0.0256. The molecule has 0 fully saturated rings. The van der Waals surface area contributed by atoms with Gasteiger partial charge < -0.3 is 21.1 Å². The van der Waals surface area contributed by atoms with E-state index in [-0.39, 0.29) is 12.5 Å². The van der Waals surface area contributed by atoms with Crippen LogP contribution in [0.1, 0.15) is 6.92 Å². The van der Waals surface area contributed by atoms with E-state index in [1.807, 2.05) is 6.92 Å². The molecule has 0 aliphatic carbocycles. The third kappa shape index (κ3) is 4.98. The number of hydrogen-bond donors (Lipinski definition) is 3. The predicted octanol–water partition coefficient (Wildman–Crippen LogP) is 1.15. The largest absolute Gasteiger partial charge is 0.372 e. The second-order valence-electron chi connectivity index (χ2n) is 3.25. The lowest BCUT2D eigenvalue weighted by Crippen LogP contribution is -2.19. The van der Waals surface area contributed by atoms with E-state index in [0.29, 0.717) is 18.0 Å². The van der Waals surface area contributed by atoms with Gasteiger partial charge in [0, 0.05) is 18.0 Å². The summed E-state index contributed by atoms with van der Waals surface area (Å²) in [6, 6.07) is 5.98. The lowest BCUT2D eigenvalue weighted by Gasteiger charge is -2.06. The molecule has 1 rings (SSSR count). The summed E-state index contributed by atoms with van der Waals surface area (Å²) in [6.07, 6.45) is 0. The van der Waals surface area contributed by atoms with Gasteiger partial charge in [-0.05, 0) is 31.2 Å². The summed E-state index contributed by atoms with van der Waals surface area (Å²) in [4.78, 5) is 21.9. The van der Waals surface area contributed by atoms with Crippen LogP contribution < -0.4 is 16.4 Å². The Morgan fingerprint density at radius 1 is 1.18 bits per heavy atom. The van der Waals surface area contributed by atoms with Crippen molar-refractivity contribution in [3.8, 4) is 0 Å². The Hall–Kier alpha value is -2.08. The van der Waals surface area contributed by atoms with Crippen molar-refractivity contribution in [1.82, 2.24) is 0 Å². The summed E-state index contributed by atoms with van der Waals surface area (Å²) in [5.41, 5.74) is 6.16. The summed E-state index contributed by atoms with van der Waals surface area (Å²) >= 11 is 0. The first-order chi connectivity index (χ1) is 8.11. The summed E-state index contributed by atoms with van der Waals surface area (Å²) < 4.78 is 4.96. The van der Waals surface area contributed by atoms with Crippen LogP contribution in [0, 0.1) is 0 Å². The van der Waals surface area contributed by atoms with Crippen molar-refractivity contribution >= 4 is 23.3 Å². The number of nitrogens with two attached hydrogens (primary N) is 1. The number of rotatable bonds is 5. The Morgan fingerprint density at radius 3 is 2.18 bits per heavy atom. The Bertz CT molecular complexity index is 389. The minimum Gasteiger partial charge on any atom is -0.372 e. The summed E-state index contributed by atoms with van der Waals surface area (Å²) in [6.45, 7) is 2.34. The summed E-state index contributed by atoms with van der Waals surface area (Å²) in [7, 11) is 0. The number of nitrogens with one attached hydrogen (secondary N) is 2. The standard InChI is InChI=1S/C11H15N3O3/c1-2-17-7-10(15)13-8-3-5-9(6-4-8)14-11(12)16/h3-6H,2,7H2,1H3,(H,13,15)(H3,12,14,16). The number of benzene rings is 1. The number of carbonyl (C=O) groups excluding carboxylic acids is 2. The molecule has 0 atom stereocenters. The van der Waals surface area contributed by atoms with Crippen LogP contribution in [-0.4, -0.2) is 25.2 Å². The predicted molar refractivity (Wildman–Crippen MR) is 64.8 cm³/mol. The van der Waals surface area contributed by atoms with Crippen LogP contribution in [0.2, 0.25) is 0 Å². The van der Waals surface area contributed by atoms with Crippen LogP contribution in [0.5, 0.6) is 0 Å². The molecule has 1 aromatic carbocycles. The van der Waals surface area contributed by atoms with Crippen molar-refractivity contribution in [2.75, 3.05) is 23.8 Å². The molecule has 0 saturated heterocycles. The zero-order valence-electron chi connectivity index (χ0n) is 9.53. The van der Waals surface area contributed by atoms with Gasteiger partial charge in [-0.25, -0.2) is 4.79 Å². The van der Waals surface area contributed by atoms with E-state index in [0.717, 1.165) is 0 Å². The van der Waals surface area contributed by atoms with Gasteiger partial charge in [-0.3, -0.25) is 4.79 Å². The van der Waals surface area contributed by atoms with Gasteiger partial charge in [-0.2, -0.15) is 0 Å². The number of ether oxygens (including phenoxy) is 1. The molecule has 0 radical (unpaired) electrons. The van der Waals surface area contributed by atoms with Crippen molar-refractivity contribution < 1.29 is 14.3 Å². The molecular weight excluding hydrogens is 222 g/mol. The number of primary amides is 1. The molecule has 3 amide bonds. The molecule has 0 heterocycles. The second-order valence-corrected chi connectivity index (χ2v) is 3.25. The Kier molecular flexibility index (Phi) is 4.96. The van der Waals surface area contributed by atoms with Crippen molar-refractivity contribution in [3.63, 3.8) is 0 Å². The highest BCUT2D eigenvalue weighted by Crippen LogP contribution is 2.13. The lowest BCUT2D eigenvalue weighted by atomic mass is 10.3. The van der Waals surface area contributed by atoms with Gasteiger partial charge in [-0.15, -0.1) is 0 Å². The summed E-state index contributed by atoms with van der Waals surface area (Å²) in [5, 5.41) is 5.07. The van der Waals surface area contributed by atoms with Crippen LogP contribution in [0.15, 0.2) is 24.3 Å². The number of hydrogen-bond acceptors (Lipinski definition) is 3. The first-order valence-electron chi connectivity index (χ1n) is 5.16. The third-order valence-corrected chi connectivity index (χ3v) is 1.87. The molecule has 0 spiro atoms. The van der Waals surface area contributed by atoms with E-state index in [1.54, 1.807) is 24.3 Å². The van der Waals surface area contributed by atoms with E-state index < -0.39 is 6.03 Å². The molecule has 6 nitrogen and oxygen atoms in total. The van der Waals surface area contributed by atoms with Crippen molar-refractivity contribution in [3.05, 3.63) is 24.3 Å². The van der Waals surface area contributed by atoms with Crippen molar-refractivity contribution in [1.29, 1.82) is 0 Å². The molecule has 92 valence electrons. The molecule has 0 unspecified atom stereocenters.